The van der Waals surface area contributed by atoms with E-state index in [9.17, 15) is 14.4 Å². The van der Waals surface area contributed by atoms with Gasteiger partial charge in [0.25, 0.3) is 0 Å². The van der Waals surface area contributed by atoms with E-state index >= 15 is 0 Å². The number of amides is 1. The maximum atomic E-state index is 11.8. The van der Waals surface area contributed by atoms with Crippen LogP contribution in [0.4, 0.5) is 4.79 Å². The van der Waals surface area contributed by atoms with E-state index in [1.807, 2.05) is 0 Å². The number of alkyl carbamates (subject to hydrolysis) is 1. The predicted molar refractivity (Wildman–Crippen MR) is 97.2 cm³/mol. The Morgan fingerprint density at radius 1 is 1.04 bits per heavy atom. The molecule has 0 saturated heterocycles. The largest absolute Gasteiger partial charge is 0.481 e. The van der Waals surface area contributed by atoms with E-state index in [-0.39, 0.29) is 25.5 Å². The van der Waals surface area contributed by atoms with Crippen molar-refractivity contribution in [3.8, 4) is 0 Å². The summed E-state index contributed by atoms with van der Waals surface area (Å²) in [6, 6.07) is 0. The van der Waals surface area contributed by atoms with Gasteiger partial charge in [0, 0.05) is 40.2 Å². The van der Waals surface area contributed by atoms with Crippen LogP contribution in [0, 0.1) is 11.8 Å². The van der Waals surface area contributed by atoms with Gasteiger partial charge in [0.2, 0.25) is 6.29 Å². The molecule has 9 heteroatoms. The van der Waals surface area contributed by atoms with Gasteiger partial charge in [-0.1, -0.05) is 20.3 Å². The number of hydrogen-bond donors (Lipinski definition) is 2. The summed E-state index contributed by atoms with van der Waals surface area (Å²) in [5, 5.41) is 11.5. The van der Waals surface area contributed by atoms with Gasteiger partial charge >= 0.3 is 18.0 Å². The molecule has 0 radical (unpaired) electrons. The molecule has 0 aromatic heterocycles. The van der Waals surface area contributed by atoms with Crippen molar-refractivity contribution in [1.29, 1.82) is 0 Å². The fraction of sp³-hybridized carbons (Fsp3) is 0.833. The van der Waals surface area contributed by atoms with Gasteiger partial charge in [-0.3, -0.25) is 4.79 Å². The van der Waals surface area contributed by atoms with Crippen LogP contribution < -0.4 is 5.32 Å². The summed E-state index contributed by atoms with van der Waals surface area (Å²) < 4.78 is 19.8. The zero-order valence-corrected chi connectivity index (χ0v) is 16.7. The number of ether oxygens (including phenoxy) is 4. The van der Waals surface area contributed by atoms with E-state index in [0.29, 0.717) is 32.0 Å². The summed E-state index contributed by atoms with van der Waals surface area (Å²) in [7, 11) is 1.58. The third-order valence-electron chi connectivity index (χ3n) is 3.58. The summed E-state index contributed by atoms with van der Waals surface area (Å²) in [6.45, 7) is 6.36. The topological polar surface area (TPSA) is 120 Å². The minimum Gasteiger partial charge on any atom is -0.481 e. The molecule has 0 bridgehead atoms. The van der Waals surface area contributed by atoms with Gasteiger partial charge in [0.15, 0.2) is 0 Å². The number of hydrogen-bond acceptors (Lipinski definition) is 7. The van der Waals surface area contributed by atoms with E-state index < -0.39 is 24.3 Å². The van der Waals surface area contributed by atoms with Crippen molar-refractivity contribution >= 4 is 18.0 Å². The first-order valence-corrected chi connectivity index (χ1v) is 9.17. The standard InChI is InChI=1S/C18H33NO8/c1-13(2)6-7-15(10-16(20)21)11-19-18(23)27-14(3)26-17(22)12-25-9-5-8-24-4/h13-15H,5-12H2,1-4H3,(H,19,23)(H,20,21). The third-order valence-corrected chi connectivity index (χ3v) is 3.58. The first kappa shape index (κ1) is 25.1. The molecule has 9 nitrogen and oxygen atoms in total. The molecule has 0 aliphatic rings. The summed E-state index contributed by atoms with van der Waals surface area (Å²) in [4.78, 5) is 34.2. The maximum Gasteiger partial charge on any atom is 0.410 e. The summed E-state index contributed by atoms with van der Waals surface area (Å²) in [5.41, 5.74) is 0. The summed E-state index contributed by atoms with van der Waals surface area (Å²) >= 11 is 0. The Bertz CT molecular complexity index is 441. The summed E-state index contributed by atoms with van der Waals surface area (Å²) in [5.74, 6) is -1.29. The molecule has 27 heavy (non-hydrogen) atoms. The van der Waals surface area contributed by atoms with Crippen LogP contribution in [-0.4, -0.2) is 62.9 Å². The Hall–Kier alpha value is -1.87. The van der Waals surface area contributed by atoms with Crippen LogP contribution in [0.15, 0.2) is 0 Å². The first-order chi connectivity index (χ1) is 12.7. The van der Waals surface area contributed by atoms with Gasteiger partial charge < -0.3 is 29.4 Å². The normalized spacial score (nSPS) is 13.1. The lowest BCUT2D eigenvalue weighted by Crippen LogP contribution is -2.34. The van der Waals surface area contributed by atoms with Crippen LogP contribution in [0.3, 0.4) is 0 Å². The van der Waals surface area contributed by atoms with Gasteiger partial charge in [0.1, 0.15) is 6.61 Å². The fourth-order valence-corrected chi connectivity index (χ4v) is 2.22. The molecular weight excluding hydrogens is 358 g/mol. The van der Waals surface area contributed by atoms with E-state index in [0.717, 1.165) is 6.42 Å². The quantitative estimate of drug-likeness (QED) is 0.248. The van der Waals surface area contributed by atoms with Crippen LogP contribution in [-0.2, 0) is 28.5 Å². The number of methoxy groups -OCH3 is 1. The average molecular weight is 391 g/mol. The van der Waals surface area contributed by atoms with Gasteiger partial charge in [-0.25, -0.2) is 9.59 Å². The third kappa shape index (κ3) is 16.1. The molecule has 0 aromatic carbocycles. The molecule has 0 aromatic rings. The first-order valence-electron chi connectivity index (χ1n) is 9.17. The average Bonchev–Trinajstić information content (AvgIpc) is 2.56. The number of carbonyl (C=O) groups is 3. The highest BCUT2D eigenvalue weighted by atomic mass is 16.7. The number of carbonyl (C=O) groups excluding carboxylic acids is 2. The van der Waals surface area contributed by atoms with Crippen molar-refractivity contribution in [3.63, 3.8) is 0 Å². The number of nitrogens with one attached hydrogen (secondary N) is 1. The SMILES string of the molecule is COCCCOCC(=O)OC(C)OC(=O)NCC(CCC(C)C)CC(=O)O. The molecule has 2 N–H and O–H groups in total. The van der Waals surface area contributed by atoms with Crippen LogP contribution in [0.5, 0.6) is 0 Å². The van der Waals surface area contributed by atoms with E-state index in [2.05, 4.69) is 19.2 Å². The molecule has 2 unspecified atom stereocenters. The molecule has 0 spiro atoms. The number of aliphatic carboxylic acids is 1. The highest BCUT2D eigenvalue weighted by Crippen LogP contribution is 2.15. The Balaban J connectivity index is 4.07. The highest BCUT2D eigenvalue weighted by Gasteiger charge is 2.18. The Morgan fingerprint density at radius 3 is 2.33 bits per heavy atom. The lowest BCUT2D eigenvalue weighted by atomic mass is 9.95. The second kappa shape index (κ2) is 15.2. The van der Waals surface area contributed by atoms with Crippen molar-refractivity contribution < 1.29 is 38.4 Å². The number of carboxylic acid groups (broad SMARTS) is 1. The summed E-state index contributed by atoms with van der Waals surface area (Å²) in [6.07, 6.45) is 0.345. The number of carboxylic acids is 1. The van der Waals surface area contributed by atoms with Gasteiger partial charge in [-0.05, 0) is 24.7 Å². The molecule has 158 valence electrons. The van der Waals surface area contributed by atoms with E-state index in [1.165, 1.54) is 6.92 Å². The molecule has 0 rings (SSSR count). The second-order valence-electron chi connectivity index (χ2n) is 6.68. The lowest BCUT2D eigenvalue weighted by molar-refractivity contribution is -0.170. The van der Waals surface area contributed by atoms with Crippen molar-refractivity contribution in [3.05, 3.63) is 0 Å². The van der Waals surface area contributed by atoms with Crippen LogP contribution in [0.2, 0.25) is 0 Å². The van der Waals surface area contributed by atoms with Gasteiger partial charge in [0.05, 0.1) is 0 Å². The lowest BCUT2D eigenvalue weighted by Gasteiger charge is -2.18. The zero-order valence-electron chi connectivity index (χ0n) is 16.7. The minimum absolute atomic E-state index is 0.0298. The van der Waals surface area contributed by atoms with Crippen molar-refractivity contribution in [2.24, 2.45) is 11.8 Å². The van der Waals surface area contributed by atoms with Crippen molar-refractivity contribution in [2.45, 2.75) is 52.7 Å². The maximum absolute atomic E-state index is 11.8. The number of rotatable bonds is 15. The van der Waals surface area contributed by atoms with Crippen molar-refractivity contribution in [1.82, 2.24) is 5.32 Å². The van der Waals surface area contributed by atoms with Crippen molar-refractivity contribution in [2.75, 3.05) is 33.5 Å². The molecule has 0 fully saturated rings. The smallest absolute Gasteiger partial charge is 0.410 e. The molecule has 0 aliphatic heterocycles. The Labute approximate surface area is 160 Å². The zero-order chi connectivity index (χ0) is 20.7. The Morgan fingerprint density at radius 2 is 1.74 bits per heavy atom. The molecule has 1 amide bonds. The van der Waals surface area contributed by atoms with E-state index in [4.69, 9.17) is 24.1 Å². The van der Waals surface area contributed by atoms with Gasteiger partial charge in [-0.2, -0.15) is 0 Å². The number of esters is 1. The van der Waals surface area contributed by atoms with Crippen LogP contribution >= 0.6 is 0 Å². The van der Waals surface area contributed by atoms with Crippen LogP contribution in [0.25, 0.3) is 0 Å². The Kier molecular flexibility index (Phi) is 14.2. The minimum atomic E-state index is -1.08. The molecule has 0 heterocycles. The molecule has 0 aliphatic carbocycles. The highest BCUT2D eigenvalue weighted by molar-refractivity contribution is 5.71. The van der Waals surface area contributed by atoms with Crippen LogP contribution in [0.1, 0.15) is 46.5 Å². The van der Waals surface area contributed by atoms with Gasteiger partial charge in [-0.15, -0.1) is 0 Å². The second-order valence-corrected chi connectivity index (χ2v) is 6.68. The monoisotopic (exact) mass is 391 g/mol. The molecule has 2 atom stereocenters. The molecule has 0 saturated carbocycles. The van der Waals surface area contributed by atoms with E-state index in [1.54, 1.807) is 7.11 Å². The predicted octanol–water partition coefficient (Wildman–Crippen LogP) is 2.18. The molecular formula is C18H33NO8. The fourth-order valence-electron chi connectivity index (χ4n) is 2.22.